The van der Waals surface area contributed by atoms with Gasteiger partial charge >= 0.3 is 0 Å². The number of sulfonamides is 1. The second-order valence-electron chi connectivity index (χ2n) is 9.92. The number of amides is 2. The van der Waals surface area contributed by atoms with Gasteiger partial charge in [0.15, 0.2) is 0 Å². The van der Waals surface area contributed by atoms with E-state index in [1.807, 2.05) is 60.7 Å². The van der Waals surface area contributed by atoms with Gasteiger partial charge in [0, 0.05) is 19.0 Å². The molecule has 0 bridgehead atoms. The van der Waals surface area contributed by atoms with Gasteiger partial charge in [-0.2, -0.15) is 0 Å². The molecule has 0 spiro atoms. The molecule has 0 radical (unpaired) electrons. The van der Waals surface area contributed by atoms with Crippen LogP contribution in [0.25, 0.3) is 0 Å². The molecule has 9 heteroatoms. The largest absolute Gasteiger partial charge is 0.352 e. The third kappa shape index (κ3) is 7.66. The summed E-state index contributed by atoms with van der Waals surface area (Å²) < 4.78 is 40.9. The molecule has 0 aliphatic heterocycles. The molecule has 3 aromatic rings. The van der Waals surface area contributed by atoms with E-state index in [0.29, 0.717) is 0 Å². The summed E-state index contributed by atoms with van der Waals surface area (Å²) in [5, 5.41) is 3.12. The molecule has 1 N–H and O–H groups in total. The highest BCUT2D eigenvalue weighted by Gasteiger charge is 2.34. The van der Waals surface area contributed by atoms with Gasteiger partial charge in [0.25, 0.3) is 0 Å². The van der Waals surface area contributed by atoms with Crippen LogP contribution in [0.2, 0.25) is 0 Å². The van der Waals surface area contributed by atoms with Gasteiger partial charge < -0.3 is 10.2 Å². The maximum atomic E-state index is 14.7. The number of anilines is 1. The van der Waals surface area contributed by atoms with E-state index in [4.69, 9.17) is 0 Å². The monoisotopic (exact) mass is 551 g/mol. The maximum absolute atomic E-state index is 14.7. The fraction of sp³-hybridized carbons (Fsp3) is 0.333. The minimum Gasteiger partial charge on any atom is -0.352 e. The van der Waals surface area contributed by atoms with E-state index in [1.165, 1.54) is 23.1 Å². The van der Waals surface area contributed by atoms with Crippen LogP contribution in [0, 0.1) is 5.82 Å². The molecule has 0 saturated heterocycles. The van der Waals surface area contributed by atoms with Crippen molar-refractivity contribution in [1.29, 1.82) is 0 Å². The van der Waals surface area contributed by atoms with Crippen molar-refractivity contribution in [2.75, 3.05) is 17.1 Å². The number of hydrogen-bond acceptors (Lipinski definition) is 4. The van der Waals surface area contributed by atoms with E-state index in [-0.39, 0.29) is 30.6 Å². The van der Waals surface area contributed by atoms with Gasteiger partial charge in [-0.1, -0.05) is 85.6 Å². The van der Waals surface area contributed by atoms with Gasteiger partial charge in [-0.15, -0.1) is 0 Å². The second kappa shape index (κ2) is 12.9. The minimum atomic E-state index is -4.02. The Labute approximate surface area is 229 Å². The van der Waals surface area contributed by atoms with Crippen molar-refractivity contribution in [3.8, 4) is 0 Å². The first-order valence-corrected chi connectivity index (χ1v) is 15.0. The molecule has 1 saturated carbocycles. The molecule has 1 aliphatic rings. The molecular weight excluding hydrogens is 517 g/mol. The molecule has 2 amide bonds. The molecule has 0 unspecified atom stereocenters. The predicted molar refractivity (Wildman–Crippen MR) is 150 cm³/mol. The standard InChI is InChI=1S/C30H34FN3O4S/c1-39(37,38)34(27-19-11-10-18-26(27)31)22-29(35)33(21-24-14-6-3-7-15-24)28(20-23-12-4-2-5-13-23)30(36)32-25-16-8-9-17-25/h2-7,10-15,18-19,25,28H,8-9,16-17,20-22H2,1H3,(H,32,36)/t28-/m0/s1. The third-order valence-corrected chi connectivity index (χ3v) is 8.10. The topological polar surface area (TPSA) is 86.8 Å². The van der Waals surface area contributed by atoms with Crippen LogP contribution in [0.5, 0.6) is 0 Å². The fourth-order valence-electron chi connectivity index (χ4n) is 4.95. The smallest absolute Gasteiger partial charge is 0.244 e. The van der Waals surface area contributed by atoms with E-state index >= 15 is 0 Å². The zero-order valence-electron chi connectivity index (χ0n) is 22.0. The maximum Gasteiger partial charge on any atom is 0.244 e. The Kier molecular flexibility index (Phi) is 9.35. The Balaban J connectivity index is 1.71. The number of benzene rings is 3. The summed E-state index contributed by atoms with van der Waals surface area (Å²) in [6, 6.07) is 23.2. The van der Waals surface area contributed by atoms with Crippen molar-refractivity contribution >= 4 is 27.5 Å². The summed E-state index contributed by atoms with van der Waals surface area (Å²) in [6.45, 7) is -0.557. The number of nitrogens with zero attached hydrogens (tertiary/aromatic N) is 2. The number of halogens is 1. The highest BCUT2D eigenvalue weighted by atomic mass is 32.2. The normalized spacial score (nSPS) is 14.5. The van der Waals surface area contributed by atoms with Crippen LogP contribution in [0.4, 0.5) is 10.1 Å². The van der Waals surface area contributed by atoms with Gasteiger partial charge in [-0.3, -0.25) is 13.9 Å². The van der Waals surface area contributed by atoms with Crippen molar-refractivity contribution < 1.29 is 22.4 Å². The van der Waals surface area contributed by atoms with Crippen molar-refractivity contribution in [3.63, 3.8) is 0 Å². The molecule has 7 nitrogen and oxygen atoms in total. The molecule has 1 fully saturated rings. The quantitative estimate of drug-likeness (QED) is 0.385. The minimum absolute atomic E-state index is 0.0374. The van der Waals surface area contributed by atoms with E-state index in [9.17, 15) is 22.4 Å². The lowest BCUT2D eigenvalue weighted by molar-refractivity contribution is -0.140. The molecule has 4 rings (SSSR count). The molecule has 0 aromatic heterocycles. The Morgan fingerprint density at radius 1 is 0.897 bits per heavy atom. The van der Waals surface area contributed by atoms with Crippen LogP contribution in [0.1, 0.15) is 36.8 Å². The number of rotatable bonds is 11. The average molecular weight is 552 g/mol. The lowest BCUT2D eigenvalue weighted by Gasteiger charge is -2.34. The number of hydrogen-bond donors (Lipinski definition) is 1. The zero-order valence-corrected chi connectivity index (χ0v) is 22.8. The van der Waals surface area contributed by atoms with E-state index in [2.05, 4.69) is 5.32 Å². The fourth-order valence-corrected chi connectivity index (χ4v) is 5.80. The molecular formula is C30H34FN3O4S. The number of nitrogens with one attached hydrogen (secondary N) is 1. The summed E-state index contributed by atoms with van der Waals surface area (Å²) in [7, 11) is -4.02. The first-order chi connectivity index (χ1) is 18.7. The number of carbonyl (C=O) groups is 2. The SMILES string of the molecule is CS(=O)(=O)N(CC(=O)N(Cc1ccccc1)[C@@H](Cc1ccccc1)C(=O)NC1CCCC1)c1ccccc1F. The van der Waals surface area contributed by atoms with Crippen molar-refractivity contribution in [2.24, 2.45) is 0 Å². The number of para-hydroxylation sites is 1. The Morgan fingerprint density at radius 2 is 1.46 bits per heavy atom. The number of carbonyl (C=O) groups excluding carboxylic acids is 2. The van der Waals surface area contributed by atoms with Crippen molar-refractivity contribution in [1.82, 2.24) is 10.2 Å². The second-order valence-corrected chi connectivity index (χ2v) is 11.8. The summed E-state index contributed by atoms with van der Waals surface area (Å²) in [5.74, 6) is -1.65. The molecule has 206 valence electrons. The van der Waals surface area contributed by atoms with Gasteiger partial charge in [0.2, 0.25) is 21.8 Å². The Morgan fingerprint density at radius 3 is 2.05 bits per heavy atom. The van der Waals surface area contributed by atoms with Crippen molar-refractivity contribution in [3.05, 3.63) is 102 Å². The molecule has 3 aromatic carbocycles. The average Bonchev–Trinajstić information content (AvgIpc) is 3.43. The zero-order chi connectivity index (χ0) is 27.8. The van der Waals surface area contributed by atoms with Crippen LogP contribution < -0.4 is 9.62 Å². The Hall–Kier alpha value is -3.72. The van der Waals surface area contributed by atoms with Gasteiger partial charge in [0.05, 0.1) is 11.9 Å². The van der Waals surface area contributed by atoms with Crippen LogP contribution in [-0.4, -0.2) is 50.0 Å². The van der Waals surface area contributed by atoms with E-state index in [1.54, 1.807) is 0 Å². The molecule has 1 aliphatic carbocycles. The summed E-state index contributed by atoms with van der Waals surface area (Å²) >= 11 is 0. The molecule has 39 heavy (non-hydrogen) atoms. The first-order valence-electron chi connectivity index (χ1n) is 13.1. The third-order valence-electron chi connectivity index (χ3n) is 6.97. The summed E-state index contributed by atoms with van der Waals surface area (Å²) in [6.07, 6.45) is 5.01. The van der Waals surface area contributed by atoms with Crippen LogP contribution in [0.3, 0.4) is 0 Å². The van der Waals surface area contributed by atoms with Gasteiger partial charge in [-0.05, 0) is 36.1 Å². The lowest BCUT2D eigenvalue weighted by atomic mass is 10.0. The van der Waals surface area contributed by atoms with Crippen molar-refractivity contribution in [2.45, 2.75) is 50.7 Å². The Bertz CT molecular complexity index is 1360. The van der Waals surface area contributed by atoms with Crippen LogP contribution in [-0.2, 0) is 32.6 Å². The van der Waals surface area contributed by atoms with Crippen LogP contribution in [0.15, 0.2) is 84.9 Å². The van der Waals surface area contributed by atoms with E-state index in [0.717, 1.165) is 53.4 Å². The summed E-state index contributed by atoms with van der Waals surface area (Å²) in [5.41, 5.74) is 1.43. The summed E-state index contributed by atoms with van der Waals surface area (Å²) in [4.78, 5) is 29.2. The lowest BCUT2D eigenvalue weighted by Crippen LogP contribution is -2.54. The van der Waals surface area contributed by atoms with Gasteiger partial charge in [-0.25, -0.2) is 12.8 Å². The highest BCUT2D eigenvalue weighted by molar-refractivity contribution is 7.92. The molecule has 1 atom stereocenters. The molecule has 0 heterocycles. The van der Waals surface area contributed by atoms with Crippen LogP contribution >= 0.6 is 0 Å². The van der Waals surface area contributed by atoms with Gasteiger partial charge in [0.1, 0.15) is 18.4 Å². The highest BCUT2D eigenvalue weighted by Crippen LogP contribution is 2.24. The predicted octanol–water partition coefficient (Wildman–Crippen LogP) is 4.29. The van der Waals surface area contributed by atoms with E-state index < -0.39 is 34.3 Å². The first kappa shape index (κ1) is 28.3.